The molecule has 0 aliphatic heterocycles. The van der Waals surface area contributed by atoms with Crippen molar-refractivity contribution in [3.63, 3.8) is 0 Å². The molecule has 0 spiro atoms. The van der Waals surface area contributed by atoms with E-state index in [-0.39, 0.29) is 0 Å². The fourth-order valence-corrected chi connectivity index (χ4v) is 2.71. The van der Waals surface area contributed by atoms with Crippen molar-refractivity contribution >= 4 is 21.8 Å². The van der Waals surface area contributed by atoms with E-state index in [9.17, 15) is 0 Å². The summed E-state index contributed by atoms with van der Waals surface area (Å²) in [5, 5.41) is 2.51. The van der Waals surface area contributed by atoms with Gasteiger partial charge in [-0.2, -0.15) is 0 Å². The van der Waals surface area contributed by atoms with Crippen molar-refractivity contribution in [1.82, 2.24) is 4.57 Å². The Labute approximate surface area is 117 Å². The van der Waals surface area contributed by atoms with E-state index < -0.39 is 0 Å². The van der Waals surface area contributed by atoms with Crippen molar-refractivity contribution in [3.05, 3.63) is 73.1 Å². The summed E-state index contributed by atoms with van der Waals surface area (Å²) in [6.45, 7) is 0. The molecule has 1 heterocycles. The van der Waals surface area contributed by atoms with Crippen LogP contribution in [0, 0.1) is 6.33 Å². The number of nitrogens with zero attached hydrogens (tertiary/aromatic N) is 2. The van der Waals surface area contributed by atoms with E-state index in [2.05, 4.69) is 77.6 Å². The van der Waals surface area contributed by atoms with Crippen LogP contribution in [0.15, 0.2) is 66.7 Å². The van der Waals surface area contributed by atoms with Gasteiger partial charge in [-0.3, -0.25) is 0 Å². The van der Waals surface area contributed by atoms with E-state index in [1.54, 1.807) is 0 Å². The Bertz CT molecular complexity index is 919. The predicted molar refractivity (Wildman–Crippen MR) is 80.8 cm³/mol. The Morgan fingerprint density at radius 3 is 2.50 bits per heavy atom. The lowest BCUT2D eigenvalue weighted by Crippen LogP contribution is -2.26. The summed E-state index contributed by atoms with van der Waals surface area (Å²) < 4.78 is 4.15. The predicted octanol–water partition coefficient (Wildman–Crippen LogP) is 3.41. The molecule has 1 aromatic heterocycles. The smallest absolute Gasteiger partial charge is 0.244 e. The van der Waals surface area contributed by atoms with E-state index in [1.807, 2.05) is 11.6 Å². The molecule has 0 saturated heterocycles. The molecule has 0 amide bonds. The van der Waals surface area contributed by atoms with Gasteiger partial charge >= 0.3 is 0 Å². The molecule has 0 atom stereocenters. The van der Waals surface area contributed by atoms with Crippen LogP contribution in [0.3, 0.4) is 0 Å². The Morgan fingerprint density at radius 2 is 1.60 bits per heavy atom. The topological polar surface area (TPSA) is 8.81 Å². The van der Waals surface area contributed by atoms with Gasteiger partial charge in [-0.25, -0.2) is 0 Å². The summed E-state index contributed by atoms with van der Waals surface area (Å²) >= 11 is 0. The van der Waals surface area contributed by atoms with Crippen molar-refractivity contribution in [2.45, 2.75) is 0 Å². The number of aromatic nitrogens is 2. The van der Waals surface area contributed by atoms with Gasteiger partial charge in [-0.1, -0.05) is 60.7 Å². The summed E-state index contributed by atoms with van der Waals surface area (Å²) in [7, 11) is 2.03. The molecule has 4 aromatic rings. The highest BCUT2D eigenvalue weighted by molar-refractivity contribution is 5.85. The van der Waals surface area contributed by atoms with Crippen LogP contribution in [0.4, 0.5) is 0 Å². The first-order valence-electron chi connectivity index (χ1n) is 6.71. The molecule has 96 valence electrons. The quantitative estimate of drug-likeness (QED) is 0.365. The average Bonchev–Trinajstić information content (AvgIpc) is 2.85. The maximum absolute atomic E-state index is 3.37. The minimum Gasteiger partial charge on any atom is -0.319 e. The van der Waals surface area contributed by atoms with Crippen molar-refractivity contribution in [2.75, 3.05) is 0 Å². The van der Waals surface area contributed by atoms with Crippen LogP contribution in [0.1, 0.15) is 0 Å². The summed E-state index contributed by atoms with van der Waals surface area (Å²) in [5.74, 6) is 0. The van der Waals surface area contributed by atoms with E-state index in [4.69, 9.17) is 0 Å². The second kappa shape index (κ2) is 4.20. The maximum Gasteiger partial charge on any atom is 0.244 e. The summed E-state index contributed by atoms with van der Waals surface area (Å²) in [5.41, 5.74) is 3.49. The largest absolute Gasteiger partial charge is 0.319 e. The van der Waals surface area contributed by atoms with Crippen LogP contribution in [0.5, 0.6) is 0 Å². The van der Waals surface area contributed by atoms with Crippen molar-refractivity contribution in [1.29, 1.82) is 0 Å². The minimum atomic E-state index is 1.14. The second-order valence-electron chi connectivity index (χ2n) is 5.01. The number of hydrogen-bond donors (Lipinski definition) is 0. The number of hydrogen-bond acceptors (Lipinski definition) is 0. The van der Waals surface area contributed by atoms with Gasteiger partial charge in [0.25, 0.3) is 0 Å². The third-order valence-corrected chi connectivity index (χ3v) is 3.73. The number of para-hydroxylation sites is 2. The van der Waals surface area contributed by atoms with Gasteiger partial charge in [0.1, 0.15) is 0 Å². The highest BCUT2D eigenvalue weighted by Crippen LogP contribution is 2.21. The SMILES string of the molecule is C[n+]1[c-]n(-c2ccc3ccccc3c2)c2ccccc21. The molecule has 0 N–H and O–H groups in total. The molecule has 0 saturated carbocycles. The summed E-state index contributed by atoms with van der Waals surface area (Å²) in [6, 6.07) is 23.3. The standard InChI is InChI=1S/C18H14N2/c1-19-13-20(18-9-5-4-8-17(18)19)16-11-10-14-6-2-3-7-15(14)12-16/h2-12H,1H3. The molecule has 2 heteroatoms. The molecule has 0 aliphatic rings. The zero-order valence-corrected chi connectivity index (χ0v) is 11.2. The van der Waals surface area contributed by atoms with Gasteiger partial charge in [-0.05, 0) is 16.8 Å². The summed E-state index contributed by atoms with van der Waals surface area (Å²) in [4.78, 5) is 0. The Hall–Kier alpha value is -2.61. The first-order valence-corrected chi connectivity index (χ1v) is 6.71. The van der Waals surface area contributed by atoms with E-state index in [1.165, 1.54) is 21.8 Å². The molecule has 3 aromatic carbocycles. The lowest BCUT2D eigenvalue weighted by molar-refractivity contribution is -0.649. The van der Waals surface area contributed by atoms with E-state index in [0.717, 1.165) is 5.69 Å². The van der Waals surface area contributed by atoms with Crippen LogP contribution in [0.2, 0.25) is 0 Å². The van der Waals surface area contributed by atoms with Crippen molar-refractivity contribution < 1.29 is 4.57 Å². The van der Waals surface area contributed by atoms with Crippen LogP contribution < -0.4 is 4.57 Å². The van der Waals surface area contributed by atoms with Crippen LogP contribution >= 0.6 is 0 Å². The highest BCUT2D eigenvalue weighted by atomic mass is 15.1. The van der Waals surface area contributed by atoms with Gasteiger partial charge in [0.05, 0.1) is 23.8 Å². The number of fused-ring (bicyclic) bond motifs is 2. The highest BCUT2D eigenvalue weighted by Gasteiger charge is 2.06. The first kappa shape index (κ1) is 11.2. The van der Waals surface area contributed by atoms with E-state index in [0.29, 0.717) is 0 Å². The molecule has 0 aliphatic carbocycles. The first-order chi connectivity index (χ1) is 9.83. The van der Waals surface area contributed by atoms with Crippen molar-refractivity contribution in [3.8, 4) is 5.69 Å². The molecule has 0 radical (unpaired) electrons. The summed E-state index contributed by atoms with van der Waals surface area (Å²) in [6.07, 6.45) is 3.37. The zero-order valence-electron chi connectivity index (χ0n) is 11.2. The van der Waals surface area contributed by atoms with Gasteiger partial charge in [0.15, 0.2) is 0 Å². The fraction of sp³-hybridized carbons (Fsp3) is 0.0556. The second-order valence-corrected chi connectivity index (χ2v) is 5.01. The third-order valence-electron chi connectivity index (χ3n) is 3.73. The number of imidazole rings is 1. The lowest BCUT2D eigenvalue weighted by atomic mass is 10.1. The van der Waals surface area contributed by atoms with Gasteiger partial charge in [0, 0.05) is 0 Å². The van der Waals surface area contributed by atoms with Crippen LogP contribution in [-0.2, 0) is 7.05 Å². The molecule has 4 rings (SSSR count). The van der Waals surface area contributed by atoms with Gasteiger partial charge in [-0.15, -0.1) is 0 Å². The molecule has 0 bridgehead atoms. The molecular weight excluding hydrogens is 244 g/mol. The maximum atomic E-state index is 3.37. The molecule has 20 heavy (non-hydrogen) atoms. The molecule has 0 fully saturated rings. The Balaban J connectivity index is 2.01. The normalized spacial score (nSPS) is 11.2. The molecule has 0 unspecified atom stereocenters. The fourth-order valence-electron chi connectivity index (χ4n) is 2.71. The number of rotatable bonds is 1. The van der Waals surface area contributed by atoms with Gasteiger partial charge in [0.2, 0.25) is 6.33 Å². The van der Waals surface area contributed by atoms with Crippen LogP contribution in [-0.4, -0.2) is 4.57 Å². The zero-order chi connectivity index (χ0) is 13.5. The van der Waals surface area contributed by atoms with Gasteiger partial charge < -0.3 is 9.13 Å². The molecule has 2 nitrogen and oxygen atoms in total. The average molecular weight is 258 g/mol. The monoisotopic (exact) mass is 258 g/mol. The van der Waals surface area contributed by atoms with E-state index >= 15 is 0 Å². The minimum absolute atomic E-state index is 1.14. The Kier molecular flexibility index (Phi) is 2.36. The number of aryl methyl sites for hydroxylation is 1. The third kappa shape index (κ3) is 1.62. The van der Waals surface area contributed by atoms with Crippen molar-refractivity contribution in [2.24, 2.45) is 7.05 Å². The lowest BCUT2D eigenvalue weighted by Gasteiger charge is -2.06. The molecular formula is C18H14N2. The number of benzene rings is 3. The Morgan fingerprint density at radius 1 is 0.850 bits per heavy atom. The van der Waals surface area contributed by atoms with Crippen LogP contribution in [0.25, 0.3) is 27.5 Å².